The largest absolute Gasteiger partial charge is 0.497 e. The van der Waals surface area contributed by atoms with Gasteiger partial charge in [-0.25, -0.2) is 4.79 Å². The van der Waals surface area contributed by atoms with Gasteiger partial charge >= 0.3 is 5.97 Å². The molecule has 166 valence electrons. The van der Waals surface area contributed by atoms with Crippen LogP contribution in [0, 0.1) is 6.92 Å². The topological polar surface area (TPSA) is 112 Å². The number of aromatic nitrogens is 2. The zero-order valence-electron chi connectivity index (χ0n) is 18.3. The highest BCUT2D eigenvalue weighted by Gasteiger charge is 2.15. The molecule has 32 heavy (non-hydrogen) atoms. The summed E-state index contributed by atoms with van der Waals surface area (Å²) in [7, 11) is 4.50. The molecule has 3 aromatic rings. The Hall–Kier alpha value is -4.14. The maximum Gasteiger partial charge on any atom is 0.337 e. The van der Waals surface area contributed by atoms with E-state index in [4.69, 9.17) is 9.47 Å². The average Bonchev–Trinajstić information content (AvgIpc) is 3.14. The zero-order chi connectivity index (χ0) is 23.3. The lowest BCUT2D eigenvalue weighted by Gasteiger charge is -2.12. The summed E-state index contributed by atoms with van der Waals surface area (Å²) in [5, 5.41) is 9.74. The Balaban J connectivity index is 1.78. The molecule has 0 spiro atoms. The Bertz CT molecular complexity index is 1150. The van der Waals surface area contributed by atoms with E-state index < -0.39 is 5.97 Å². The summed E-state index contributed by atoms with van der Waals surface area (Å²) in [4.78, 5) is 37.2. The molecule has 2 aromatic carbocycles. The van der Waals surface area contributed by atoms with Crippen molar-refractivity contribution in [3.63, 3.8) is 0 Å². The van der Waals surface area contributed by atoms with Gasteiger partial charge < -0.3 is 20.1 Å². The average molecular weight is 436 g/mol. The Morgan fingerprint density at radius 1 is 0.969 bits per heavy atom. The number of nitrogens with one attached hydrogen (secondary N) is 2. The molecule has 0 radical (unpaired) electrons. The first-order valence-electron chi connectivity index (χ1n) is 9.77. The predicted molar refractivity (Wildman–Crippen MR) is 118 cm³/mol. The van der Waals surface area contributed by atoms with Gasteiger partial charge in [0.15, 0.2) is 0 Å². The summed E-state index contributed by atoms with van der Waals surface area (Å²) in [5.41, 5.74) is 2.81. The van der Waals surface area contributed by atoms with Gasteiger partial charge in [0, 0.05) is 24.8 Å². The molecule has 0 saturated carbocycles. The number of aryl methyl sites for hydroxylation is 2. The van der Waals surface area contributed by atoms with Crippen molar-refractivity contribution in [1.82, 2.24) is 15.1 Å². The second-order valence-corrected chi connectivity index (χ2v) is 7.07. The summed E-state index contributed by atoms with van der Waals surface area (Å²) in [6.07, 6.45) is 0. The van der Waals surface area contributed by atoms with Crippen LogP contribution >= 0.6 is 0 Å². The molecule has 0 unspecified atom stereocenters. The van der Waals surface area contributed by atoms with Gasteiger partial charge in [0.1, 0.15) is 11.4 Å². The molecule has 2 amide bonds. The number of benzene rings is 2. The van der Waals surface area contributed by atoms with E-state index in [1.807, 2.05) is 0 Å². The van der Waals surface area contributed by atoms with Crippen molar-refractivity contribution in [2.45, 2.75) is 13.5 Å². The van der Waals surface area contributed by atoms with Crippen molar-refractivity contribution in [3.05, 3.63) is 76.6 Å². The van der Waals surface area contributed by atoms with E-state index >= 15 is 0 Å². The Morgan fingerprint density at radius 2 is 1.69 bits per heavy atom. The Kier molecular flexibility index (Phi) is 6.89. The fourth-order valence-corrected chi connectivity index (χ4v) is 3.15. The van der Waals surface area contributed by atoms with Crippen LogP contribution in [0.25, 0.3) is 0 Å². The number of anilines is 1. The second kappa shape index (κ2) is 9.78. The predicted octanol–water partition coefficient (Wildman–Crippen LogP) is 2.71. The second-order valence-electron chi connectivity index (χ2n) is 7.07. The minimum atomic E-state index is -0.555. The molecule has 2 N–H and O–H groups in total. The lowest BCUT2D eigenvalue weighted by molar-refractivity contribution is 0.0600. The van der Waals surface area contributed by atoms with Gasteiger partial charge in [-0.1, -0.05) is 0 Å². The van der Waals surface area contributed by atoms with Crippen molar-refractivity contribution >= 4 is 23.5 Å². The minimum absolute atomic E-state index is 0.142. The number of nitrogens with zero attached hydrogens (tertiary/aromatic N) is 2. The lowest BCUT2D eigenvalue weighted by Crippen LogP contribution is -2.23. The van der Waals surface area contributed by atoms with E-state index in [0.717, 1.165) is 0 Å². The van der Waals surface area contributed by atoms with Crippen LogP contribution in [0.3, 0.4) is 0 Å². The fourth-order valence-electron chi connectivity index (χ4n) is 3.15. The van der Waals surface area contributed by atoms with Crippen molar-refractivity contribution in [1.29, 1.82) is 0 Å². The van der Waals surface area contributed by atoms with E-state index in [0.29, 0.717) is 34.0 Å². The number of carbonyl (C=O) groups is 3. The van der Waals surface area contributed by atoms with Crippen LogP contribution in [0.5, 0.6) is 5.75 Å². The number of hydrogen-bond acceptors (Lipinski definition) is 6. The third kappa shape index (κ3) is 5.31. The number of carbonyl (C=O) groups excluding carboxylic acids is 3. The van der Waals surface area contributed by atoms with Crippen LogP contribution in [0.1, 0.15) is 42.5 Å². The lowest BCUT2D eigenvalue weighted by atomic mass is 10.1. The minimum Gasteiger partial charge on any atom is -0.497 e. The van der Waals surface area contributed by atoms with Crippen LogP contribution in [-0.4, -0.2) is 41.8 Å². The summed E-state index contributed by atoms with van der Waals surface area (Å²) in [6, 6.07) is 13.2. The number of methoxy groups -OCH3 is 2. The molecule has 9 nitrogen and oxygen atoms in total. The van der Waals surface area contributed by atoms with Crippen LogP contribution in [0.15, 0.2) is 48.5 Å². The smallest absolute Gasteiger partial charge is 0.337 e. The molecule has 0 aliphatic carbocycles. The van der Waals surface area contributed by atoms with Gasteiger partial charge in [-0.05, 0) is 61.0 Å². The maximum absolute atomic E-state index is 12.6. The normalized spacial score (nSPS) is 10.4. The molecule has 0 fully saturated rings. The SMILES string of the molecule is COC(=O)c1cc(CNC(=O)c2ccc(OC)cc2)cc(NC(=O)c2cc(C)nn2C)c1. The summed E-state index contributed by atoms with van der Waals surface area (Å²) < 4.78 is 11.4. The number of esters is 1. The van der Waals surface area contributed by atoms with Crippen molar-refractivity contribution < 1.29 is 23.9 Å². The van der Waals surface area contributed by atoms with Crippen molar-refractivity contribution in [2.75, 3.05) is 19.5 Å². The molecule has 1 heterocycles. The number of rotatable bonds is 7. The third-order valence-electron chi connectivity index (χ3n) is 4.71. The highest BCUT2D eigenvalue weighted by molar-refractivity contribution is 6.04. The van der Waals surface area contributed by atoms with E-state index in [-0.39, 0.29) is 23.9 Å². The number of amides is 2. The van der Waals surface area contributed by atoms with E-state index in [9.17, 15) is 14.4 Å². The van der Waals surface area contributed by atoms with Gasteiger partial charge in [0.2, 0.25) is 0 Å². The van der Waals surface area contributed by atoms with E-state index in [2.05, 4.69) is 15.7 Å². The van der Waals surface area contributed by atoms with Crippen LogP contribution in [0.2, 0.25) is 0 Å². The van der Waals surface area contributed by atoms with Gasteiger partial charge in [-0.3, -0.25) is 14.3 Å². The quantitative estimate of drug-likeness (QED) is 0.551. The van der Waals surface area contributed by atoms with Gasteiger partial charge in [-0.2, -0.15) is 5.10 Å². The standard InChI is InChI=1S/C23H24N4O5/c1-14-9-20(27(2)26-14)22(29)25-18-11-15(10-17(12-18)23(30)32-4)13-24-21(28)16-5-7-19(31-3)8-6-16/h5-12H,13H2,1-4H3,(H,24,28)(H,25,29). The highest BCUT2D eigenvalue weighted by Crippen LogP contribution is 2.18. The van der Waals surface area contributed by atoms with Crippen molar-refractivity contribution in [3.8, 4) is 5.75 Å². The fraction of sp³-hybridized carbons (Fsp3) is 0.217. The highest BCUT2D eigenvalue weighted by atomic mass is 16.5. The zero-order valence-corrected chi connectivity index (χ0v) is 18.3. The molecule has 0 aliphatic rings. The first-order valence-corrected chi connectivity index (χ1v) is 9.77. The number of ether oxygens (including phenoxy) is 2. The molecular formula is C23H24N4O5. The van der Waals surface area contributed by atoms with Crippen LogP contribution in [0.4, 0.5) is 5.69 Å². The summed E-state index contributed by atoms with van der Waals surface area (Å²) >= 11 is 0. The van der Waals surface area contributed by atoms with Crippen molar-refractivity contribution in [2.24, 2.45) is 7.05 Å². The number of hydrogen-bond donors (Lipinski definition) is 2. The maximum atomic E-state index is 12.6. The van der Waals surface area contributed by atoms with Gasteiger partial charge in [-0.15, -0.1) is 0 Å². The summed E-state index contributed by atoms with van der Waals surface area (Å²) in [6.45, 7) is 1.93. The molecule has 0 bridgehead atoms. The molecular weight excluding hydrogens is 412 g/mol. The monoisotopic (exact) mass is 436 g/mol. The van der Waals surface area contributed by atoms with Crippen LogP contribution in [-0.2, 0) is 18.3 Å². The van der Waals surface area contributed by atoms with Gasteiger partial charge in [0.05, 0.1) is 25.5 Å². The molecule has 0 aliphatic heterocycles. The molecule has 1 aromatic heterocycles. The van der Waals surface area contributed by atoms with Crippen LogP contribution < -0.4 is 15.4 Å². The molecule has 0 atom stereocenters. The van der Waals surface area contributed by atoms with E-state index in [1.54, 1.807) is 63.5 Å². The van der Waals surface area contributed by atoms with E-state index in [1.165, 1.54) is 17.9 Å². The summed E-state index contributed by atoms with van der Waals surface area (Å²) in [5.74, 6) is -0.563. The van der Waals surface area contributed by atoms with Gasteiger partial charge in [0.25, 0.3) is 11.8 Å². The first-order chi connectivity index (χ1) is 15.3. The Labute approximate surface area is 185 Å². The molecule has 9 heteroatoms. The first kappa shape index (κ1) is 22.5. The molecule has 0 saturated heterocycles. The molecule has 3 rings (SSSR count). The Morgan fingerprint density at radius 3 is 2.28 bits per heavy atom. The third-order valence-corrected chi connectivity index (χ3v) is 4.71.